The van der Waals surface area contributed by atoms with Gasteiger partial charge in [-0.3, -0.25) is 4.79 Å². The van der Waals surface area contributed by atoms with E-state index in [4.69, 9.17) is 4.74 Å². The third-order valence-electron chi connectivity index (χ3n) is 2.67. The Hall–Kier alpha value is -1.61. The van der Waals surface area contributed by atoms with Crippen molar-refractivity contribution < 1.29 is 9.53 Å². The van der Waals surface area contributed by atoms with Gasteiger partial charge in [0.1, 0.15) is 5.75 Å². The number of Topliss-reactive ketones (excluding diaryl/α,β-unsaturated/α-hetero) is 1. The van der Waals surface area contributed by atoms with Crippen molar-refractivity contribution in [2.45, 2.75) is 19.8 Å². The number of carbonyl (C=O) groups is 1. The van der Waals surface area contributed by atoms with E-state index in [1.807, 2.05) is 42.6 Å². The minimum absolute atomic E-state index is 0.146. The van der Waals surface area contributed by atoms with Gasteiger partial charge in [-0.15, -0.1) is 11.3 Å². The zero-order valence-corrected chi connectivity index (χ0v) is 11.2. The van der Waals surface area contributed by atoms with Crippen molar-refractivity contribution in [2.75, 3.05) is 6.61 Å². The van der Waals surface area contributed by atoms with Gasteiger partial charge < -0.3 is 4.74 Å². The van der Waals surface area contributed by atoms with Crippen molar-refractivity contribution >= 4 is 17.1 Å². The maximum Gasteiger partial charge on any atom is 0.166 e. The van der Waals surface area contributed by atoms with Crippen LogP contribution in [-0.2, 0) is 6.42 Å². The van der Waals surface area contributed by atoms with Crippen molar-refractivity contribution in [3.05, 3.63) is 52.2 Å². The summed E-state index contributed by atoms with van der Waals surface area (Å²) in [5.74, 6) is 0.837. The van der Waals surface area contributed by atoms with Crippen LogP contribution in [0.15, 0.2) is 41.8 Å². The molecule has 2 nitrogen and oxygen atoms in total. The highest BCUT2D eigenvalue weighted by molar-refractivity contribution is 7.09. The predicted octanol–water partition coefficient (Wildman–Crippen LogP) is 3.96. The lowest BCUT2D eigenvalue weighted by atomic mass is 10.1. The number of hydrogen-bond acceptors (Lipinski definition) is 3. The first-order valence-electron chi connectivity index (χ1n) is 6.08. The van der Waals surface area contributed by atoms with Gasteiger partial charge in [0, 0.05) is 11.3 Å². The summed E-state index contributed by atoms with van der Waals surface area (Å²) in [4.78, 5) is 13.4. The third-order valence-corrected chi connectivity index (χ3v) is 3.60. The Morgan fingerprint density at radius 3 is 2.78 bits per heavy atom. The molecule has 2 aromatic rings. The number of rotatable bonds is 6. The quantitative estimate of drug-likeness (QED) is 0.735. The third kappa shape index (κ3) is 3.20. The maximum atomic E-state index is 12.2. The second kappa shape index (κ2) is 6.36. The zero-order chi connectivity index (χ0) is 12.8. The van der Waals surface area contributed by atoms with Gasteiger partial charge in [0.05, 0.1) is 12.2 Å². The molecule has 0 radical (unpaired) electrons. The SMILES string of the molecule is CCOc1ccccc1C(=O)CCc1cccs1. The standard InChI is InChI=1S/C15H16O2S/c1-2-17-15-8-4-3-7-13(15)14(16)10-9-12-6-5-11-18-12/h3-8,11H,2,9-10H2,1H3. The van der Waals surface area contributed by atoms with Crippen molar-refractivity contribution in [3.63, 3.8) is 0 Å². The Kier molecular flexibility index (Phi) is 4.53. The fourth-order valence-electron chi connectivity index (χ4n) is 1.80. The van der Waals surface area contributed by atoms with Gasteiger partial charge in [-0.05, 0) is 36.9 Å². The Labute approximate surface area is 111 Å². The Morgan fingerprint density at radius 2 is 2.06 bits per heavy atom. The van der Waals surface area contributed by atoms with Crippen LogP contribution in [0.3, 0.4) is 0 Å². The second-order valence-electron chi connectivity index (χ2n) is 3.93. The molecule has 1 heterocycles. The minimum atomic E-state index is 0.146. The Morgan fingerprint density at radius 1 is 1.22 bits per heavy atom. The topological polar surface area (TPSA) is 26.3 Å². The van der Waals surface area contributed by atoms with E-state index < -0.39 is 0 Å². The normalized spacial score (nSPS) is 10.3. The fourth-order valence-corrected chi connectivity index (χ4v) is 2.51. The Bertz CT molecular complexity index is 503. The van der Waals surface area contributed by atoms with Gasteiger partial charge in [-0.25, -0.2) is 0 Å². The lowest BCUT2D eigenvalue weighted by molar-refractivity contribution is 0.0979. The van der Waals surface area contributed by atoms with E-state index in [9.17, 15) is 4.79 Å². The number of carbonyl (C=O) groups excluding carboxylic acids is 1. The molecule has 0 fully saturated rings. The van der Waals surface area contributed by atoms with Gasteiger partial charge in [0.15, 0.2) is 5.78 Å². The summed E-state index contributed by atoms with van der Waals surface area (Å²) in [7, 11) is 0. The molecule has 0 bridgehead atoms. The number of para-hydroxylation sites is 1. The summed E-state index contributed by atoms with van der Waals surface area (Å²) in [5, 5.41) is 2.04. The molecular formula is C15H16O2S. The monoisotopic (exact) mass is 260 g/mol. The lowest BCUT2D eigenvalue weighted by Gasteiger charge is -2.08. The van der Waals surface area contributed by atoms with Crippen LogP contribution in [0.2, 0.25) is 0 Å². The van der Waals surface area contributed by atoms with Crippen LogP contribution in [0.5, 0.6) is 5.75 Å². The van der Waals surface area contributed by atoms with E-state index in [1.165, 1.54) is 4.88 Å². The van der Waals surface area contributed by atoms with Crippen LogP contribution >= 0.6 is 11.3 Å². The molecule has 0 saturated heterocycles. The minimum Gasteiger partial charge on any atom is -0.493 e. The molecule has 0 aliphatic rings. The smallest absolute Gasteiger partial charge is 0.166 e. The highest BCUT2D eigenvalue weighted by Gasteiger charge is 2.11. The number of thiophene rings is 1. The van der Waals surface area contributed by atoms with E-state index in [0.717, 1.165) is 6.42 Å². The number of aryl methyl sites for hydroxylation is 1. The summed E-state index contributed by atoms with van der Waals surface area (Å²) in [6, 6.07) is 11.5. The molecule has 0 aliphatic carbocycles. The summed E-state index contributed by atoms with van der Waals surface area (Å²) < 4.78 is 5.48. The van der Waals surface area contributed by atoms with E-state index in [0.29, 0.717) is 24.3 Å². The second-order valence-corrected chi connectivity index (χ2v) is 4.96. The van der Waals surface area contributed by atoms with Gasteiger partial charge in [0.25, 0.3) is 0 Å². The zero-order valence-electron chi connectivity index (χ0n) is 10.4. The molecule has 1 aromatic heterocycles. The average molecular weight is 260 g/mol. The summed E-state index contributed by atoms with van der Waals surface area (Å²) >= 11 is 1.69. The number of hydrogen-bond donors (Lipinski definition) is 0. The first kappa shape index (κ1) is 12.8. The van der Waals surface area contributed by atoms with Crippen LogP contribution in [0.25, 0.3) is 0 Å². The van der Waals surface area contributed by atoms with Crippen LogP contribution in [0.4, 0.5) is 0 Å². The first-order valence-corrected chi connectivity index (χ1v) is 6.96. The predicted molar refractivity (Wildman–Crippen MR) is 74.6 cm³/mol. The van der Waals surface area contributed by atoms with Crippen LogP contribution in [0.1, 0.15) is 28.6 Å². The van der Waals surface area contributed by atoms with Crippen molar-refractivity contribution in [2.24, 2.45) is 0 Å². The molecule has 0 atom stereocenters. The molecule has 0 N–H and O–H groups in total. The molecule has 3 heteroatoms. The summed E-state index contributed by atoms with van der Waals surface area (Å²) in [6.45, 7) is 2.50. The summed E-state index contributed by atoms with van der Waals surface area (Å²) in [6.07, 6.45) is 1.33. The summed E-state index contributed by atoms with van der Waals surface area (Å²) in [5.41, 5.74) is 0.691. The van der Waals surface area contributed by atoms with Crippen molar-refractivity contribution in [1.82, 2.24) is 0 Å². The molecule has 2 rings (SSSR count). The molecule has 0 saturated carbocycles. The van der Waals surface area contributed by atoms with Crippen molar-refractivity contribution in [3.8, 4) is 5.75 Å². The van der Waals surface area contributed by atoms with Crippen LogP contribution in [0, 0.1) is 0 Å². The largest absolute Gasteiger partial charge is 0.493 e. The van der Waals surface area contributed by atoms with Gasteiger partial charge in [0.2, 0.25) is 0 Å². The van der Waals surface area contributed by atoms with Crippen LogP contribution < -0.4 is 4.74 Å². The Balaban J connectivity index is 2.04. The molecule has 1 aromatic carbocycles. The molecule has 0 spiro atoms. The van der Waals surface area contributed by atoms with Gasteiger partial charge >= 0.3 is 0 Å². The highest BCUT2D eigenvalue weighted by atomic mass is 32.1. The molecule has 0 unspecified atom stereocenters. The highest BCUT2D eigenvalue weighted by Crippen LogP contribution is 2.21. The fraction of sp³-hybridized carbons (Fsp3) is 0.267. The van der Waals surface area contributed by atoms with E-state index in [2.05, 4.69) is 6.07 Å². The molecule has 18 heavy (non-hydrogen) atoms. The number of benzene rings is 1. The van der Waals surface area contributed by atoms with E-state index >= 15 is 0 Å². The van der Waals surface area contributed by atoms with E-state index in [1.54, 1.807) is 11.3 Å². The molecular weight excluding hydrogens is 244 g/mol. The molecule has 0 amide bonds. The molecule has 94 valence electrons. The lowest BCUT2D eigenvalue weighted by Crippen LogP contribution is -2.04. The average Bonchev–Trinajstić information content (AvgIpc) is 2.90. The maximum absolute atomic E-state index is 12.2. The van der Waals surface area contributed by atoms with Crippen LogP contribution in [-0.4, -0.2) is 12.4 Å². The van der Waals surface area contributed by atoms with Gasteiger partial charge in [-0.1, -0.05) is 18.2 Å². The van der Waals surface area contributed by atoms with Gasteiger partial charge in [-0.2, -0.15) is 0 Å². The van der Waals surface area contributed by atoms with E-state index in [-0.39, 0.29) is 5.78 Å². The number of ketones is 1. The molecule has 0 aliphatic heterocycles. The van der Waals surface area contributed by atoms with Crippen molar-refractivity contribution in [1.29, 1.82) is 0 Å². The first-order chi connectivity index (χ1) is 8.81. The number of ether oxygens (including phenoxy) is 1.